The number of guanidine groups is 1. The second kappa shape index (κ2) is 29.6. The number of primary amides is 1. The number of aliphatic imine (C=N–C) groups is 1. The average Bonchev–Trinajstić information content (AvgIpc) is 3.18. The maximum absolute atomic E-state index is 14.0. The summed E-state index contributed by atoms with van der Waals surface area (Å²) in [6.07, 6.45) is 8.81. The van der Waals surface area contributed by atoms with E-state index in [0.717, 1.165) is 51.4 Å². The molecule has 0 bridgehead atoms. The molecule has 7 atom stereocenters. The van der Waals surface area contributed by atoms with Gasteiger partial charge in [0.25, 0.3) is 0 Å². The summed E-state index contributed by atoms with van der Waals surface area (Å²) in [5.74, 6) is -6.67. The molecule has 1 fully saturated rings. The number of amides is 8. The fourth-order valence-corrected chi connectivity index (χ4v) is 6.95. The van der Waals surface area contributed by atoms with Crippen LogP contribution in [0.4, 0.5) is 0 Å². The summed E-state index contributed by atoms with van der Waals surface area (Å²) in [5.41, 5.74) is 16.1. The second-order valence-corrected chi connectivity index (χ2v) is 17.2. The summed E-state index contributed by atoms with van der Waals surface area (Å²) in [5, 5.41) is 18.5. The van der Waals surface area contributed by atoms with Crippen LogP contribution in [0.5, 0.6) is 0 Å². The molecule has 8 amide bonds. The van der Waals surface area contributed by atoms with Crippen molar-refractivity contribution in [3.8, 4) is 0 Å². The molecule has 348 valence electrons. The van der Waals surface area contributed by atoms with Crippen molar-refractivity contribution in [1.82, 2.24) is 37.2 Å². The van der Waals surface area contributed by atoms with Gasteiger partial charge in [-0.05, 0) is 43.4 Å². The Balaban J connectivity index is 3.36. The van der Waals surface area contributed by atoms with Gasteiger partial charge in [0.05, 0.1) is 6.42 Å². The molecule has 1 aliphatic heterocycles. The zero-order chi connectivity index (χ0) is 46.1. The first-order chi connectivity index (χ1) is 28.8. The van der Waals surface area contributed by atoms with Gasteiger partial charge >= 0.3 is 0 Å². The standard InChI is InChI=1S/C41H75N11O8S/c1-7-26(6)34-40(60)50-29(21-32(42)53)37(57)51-31(23-61)35(55)46-22-30(47-33(54)17-15-13-11-9-8-10-12-14-16-18-45-41(43)44)39(59)49-27(19-24(2)3)36(56)48-28(20-25(4)5)38(58)52-34/h24-31,34,61H,7-23H2,1-6H3,(H2,42,53)(H,46,55)(H,47,54)(H,48,56)(H,49,59)(H,50,60)(H,51,57)(H,52,58)(H4,43,44,45)/t26-,27-,28+,29-,30?,31-,34-/m1/s1. The Labute approximate surface area is 367 Å². The van der Waals surface area contributed by atoms with Crippen LogP contribution in [0.25, 0.3) is 0 Å². The summed E-state index contributed by atoms with van der Waals surface area (Å²) in [6, 6.07) is -7.64. The molecule has 1 saturated heterocycles. The molecule has 1 rings (SSSR count). The van der Waals surface area contributed by atoms with Crippen molar-refractivity contribution in [3.05, 3.63) is 0 Å². The lowest BCUT2D eigenvalue weighted by Gasteiger charge is -2.30. The smallest absolute Gasteiger partial charge is 0.245 e. The third-order valence-electron chi connectivity index (χ3n) is 10.3. The highest BCUT2D eigenvalue weighted by atomic mass is 32.1. The SMILES string of the molecule is CC[C@@H](C)[C@H]1NC(=O)[C@H](CC(C)C)NC(=O)[C@@H](CC(C)C)NC(=O)C(NC(=O)CCCCCCCCCCCN=C(N)N)CNC(=O)[C@@H](CS)NC(=O)[C@@H](CC(N)=O)NC1=O. The molecule has 1 unspecified atom stereocenters. The molecule has 1 aliphatic rings. The normalized spacial score (nSPS) is 22.9. The number of nitrogens with zero attached hydrogens (tertiary/aromatic N) is 1. The second-order valence-electron chi connectivity index (χ2n) is 16.8. The molecule has 0 aromatic carbocycles. The summed E-state index contributed by atoms with van der Waals surface area (Å²) in [6.45, 7) is 11.2. The van der Waals surface area contributed by atoms with Gasteiger partial charge in [0.15, 0.2) is 5.96 Å². The van der Waals surface area contributed by atoms with Crippen LogP contribution in [0.2, 0.25) is 0 Å². The highest BCUT2D eigenvalue weighted by Crippen LogP contribution is 2.14. The van der Waals surface area contributed by atoms with E-state index in [1.165, 1.54) is 0 Å². The minimum atomic E-state index is -1.53. The lowest BCUT2D eigenvalue weighted by molar-refractivity contribution is -0.136. The Morgan fingerprint density at radius 1 is 0.656 bits per heavy atom. The van der Waals surface area contributed by atoms with E-state index in [9.17, 15) is 38.4 Å². The van der Waals surface area contributed by atoms with Crippen LogP contribution >= 0.6 is 12.6 Å². The van der Waals surface area contributed by atoms with E-state index in [1.807, 2.05) is 27.7 Å². The number of unbranched alkanes of at least 4 members (excludes halogenated alkanes) is 8. The van der Waals surface area contributed by atoms with Crippen LogP contribution in [0, 0.1) is 17.8 Å². The highest BCUT2D eigenvalue weighted by Gasteiger charge is 2.36. The van der Waals surface area contributed by atoms with Crippen LogP contribution in [0.15, 0.2) is 4.99 Å². The van der Waals surface area contributed by atoms with E-state index in [-0.39, 0.29) is 42.8 Å². The van der Waals surface area contributed by atoms with Crippen LogP contribution in [0.3, 0.4) is 0 Å². The Bertz CT molecular complexity index is 1480. The van der Waals surface area contributed by atoms with Crippen molar-refractivity contribution < 1.29 is 38.4 Å². The van der Waals surface area contributed by atoms with Crippen molar-refractivity contribution in [2.75, 3.05) is 18.8 Å². The predicted octanol–water partition coefficient (Wildman–Crippen LogP) is 0.143. The van der Waals surface area contributed by atoms with Gasteiger partial charge in [-0.2, -0.15) is 12.6 Å². The lowest BCUT2D eigenvalue weighted by atomic mass is 9.96. The number of carbonyl (C=O) groups is 8. The van der Waals surface area contributed by atoms with Crippen LogP contribution in [-0.2, 0) is 38.4 Å². The Kier molecular flexibility index (Phi) is 26.4. The molecule has 0 saturated carbocycles. The molecule has 0 aliphatic carbocycles. The van der Waals surface area contributed by atoms with E-state index < -0.39 is 102 Å². The third kappa shape index (κ3) is 22.7. The monoisotopic (exact) mass is 882 g/mol. The predicted molar refractivity (Wildman–Crippen MR) is 237 cm³/mol. The first-order valence-electron chi connectivity index (χ1n) is 21.8. The summed E-state index contributed by atoms with van der Waals surface area (Å²) < 4.78 is 0. The van der Waals surface area contributed by atoms with Crippen molar-refractivity contribution in [2.45, 2.75) is 168 Å². The summed E-state index contributed by atoms with van der Waals surface area (Å²) in [7, 11) is 0. The first kappa shape index (κ1) is 54.4. The van der Waals surface area contributed by atoms with Crippen LogP contribution < -0.4 is 54.4 Å². The van der Waals surface area contributed by atoms with Gasteiger partial charge in [-0.1, -0.05) is 92.9 Å². The fourth-order valence-electron chi connectivity index (χ4n) is 6.69. The molecular formula is C41H75N11O8S. The molecule has 0 spiro atoms. The van der Waals surface area contributed by atoms with Crippen LogP contribution in [-0.4, -0.2) is 108 Å². The quantitative estimate of drug-likeness (QED) is 0.0303. The van der Waals surface area contributed by atoms with Gasteiger partial charge in [-0.3, -0.25) is 43.3 Å². The molecule has 1 heterocycles. The topological polar surface area (TPSA) is 311 Å². The molecule has 20 heteroatoms. The van der Waals surface area contributed by atoms with E-state index in [1.54, 1.807) is 13.8 Å². The van der Waals surface area contributed by atoms with E-state index in [2.05, 4.69) is 54.8 Å². The van der Waals surface area contributed by atoms with Gasteiger partial charge in [-0.25, -0.2) is 0 Å². The van der Waals surface area contributed by atoms with Crippen LogP contribution in [0.1, 0.15) is 131 Å². The maximum Gasteiger partial charge on any atom is 0.245 e. The van der Waals surface area contributed by atoms with E-state index in [4.69, 9.17) is 17.2 Å². The van der Waals surface area contributed by atoms with Gasteiger partial charge in [0.2, 0.25) is 47.3 Å². The van der Waals surface area contributed by atoms with Crippen molar-refractivity contribution in [3.63, 3.8) is 0 Å². The van der Waals surface area contributed by atoms with Crippen molar-refractivity contribution in [2.24, 2.45) is 39.9 Å². The minimum Gasteiger partial charge on any atom is -0.370 e. The Morgan fingerprint density at radius 3 is 1.64 bits per heavy atom. The maximum atomic E-state index is 14.0. The molecule has 61 heavy (non-hydrogen) atoms. The Hall–Kier alpha value is -4.62. The number of rotatable bonds is 22. The third-order valence-corrected chi connectivity index (χ3v) is 10.7. The number of nitrogens with two attached hydrogens (primary N) is 3. The molecule has 13 N–H and O–H groups in total. The Morgan fingerprint density at radius 2 is 1.13 bits per heavy atom. The molecular weight excluding hydrogens is 807 g/mol. The zero-order valence-corrected chi connectivity index (χ0v) is 38.0. The number of hydrogen-bond acceptors (Lipinski definition) is 10. The highest BCUT2D eigenvalue weighted by molar-refractivity contribution is 7.80. The molecule has 19 nitrogen and oxygen atoms in total. The lowest BCUT2D eigenvalue weighted by Crippen LogP contribution is -2.61. The van der Waals surface area contributed by atoms with Gasteiger partial charge in [-0.15, -0.1) is 0 Å². The number of nitrogens with one attached hydrogen (secondary N) is 7. The molecule has 0 aromatic heterocycles. The van der Waals surface area contributed by atoms with E-state index in [0.29, 0.717) is 19.4 Å². The van der Waals surface area contributed by atoms with Gasteiger partial charge in [0, 0.05) is 25.3 Å². The average molecular weight is 882 g/mol. The number of hydrogen-bond donors (Lipinski definition) is 11. The van der Waals surface area contributed by atoms with Gasteiger partial charge in [0.1, 0.15) is 36.3 Å². The zero-order valence-electron chi connectivity index (χ0n) is 37.1. The summed E-state index contributed by atoms with van der Waals surface area (Å²) >= 11 is 4.22. The van der Waals surface area contributed by atoms with Crippen molar-refractivity contribution >= 4 is 65.8 Å². The van der Waals surface area contributed by atoms with Crippen molar-refractivity contribution in [1.29, 1.82) is 0 Å². The largest absolute Gasteiger partial charge is 0.370 e. The molecule has 0 radical (unpaired) electrons. The fraction of sp³-hybridized carbons (Fsp3) is 0.780. The van der Waals surface area contributed by atoms with E-state index >= 15 is 0 Å². The summed E-state index contributed by atoms with van der Waals surface area (Å²) in [4.78, 5) is 112. The van der Waals surface area contributed by atoms with Gasteiger partial charge < -0.3 is 54.4 Å². The first-order valence-corrected chi connectivity index (χ1v) is 22.5. The minimum absolute atomic E-state index is 0.0861. The number of carbonyl (C=O) groups excluding carboxylic acids is 8. The number of thiol groups is 1. The molecule has 0 aromatic rings.